The largest absolute Gasteiger partial charge is 0.481 e. The van der Waals surface area contributed by atoms with Crippen LogP contribution >= 0.6 is 0 Å². The molecule has 1 heterocycles. The summed E-state index contributed by atoms with van der Waals surface area (Å²) in [7, 11) is 0. The summed E-state index contributed by atoms with van der Waals surface area (Å²) in [5, 5.41) is 8.31. The van der Waals surface area contributed by atoms with E-state index in [4.69, 9.17) is 14.6 Å². The molecule has 1 rings (SSSR count). The molecule has 0 saturated carbocycles. The van der Waals surface area contributed by atoms with Gasteiger partial charge in [-0.1, -0.05) is 0 Å². The molecule has 1 atom stereocenters. The summed E-state index contributed by atoms with van der Waals surface area (Å²) in [5.41, 5.74) is 0. The quantitative estimate of drug-likeness (QED) is 0.660. The van der Waals surface area contributed by atoms with Gasteiger partial charge in [0.15, 0.2) is 0 Å². The minimum Gasteiger partial charge on any atom is -0.481 e. The molecule has 0 bridgehead atoms. The van der Waals surface area contributed by atoms with Crippen LogP contribution in [0.1, 0.15) is 25.7 Å². The Balaban J connectivity index is 2.05. The molecule has 80 valence electrons. The zero-order chi connectivity index (χ0) is 10.4. The Morgan fingerprint density at radius 3 is 2.79 bits per heavy atom. The standard InChI is InChI=1S/C9H14O5/c10-8(11)3-4-9(12)14-6-7-2-1-5-13-7/h7H,1-6H2,(H,10,11)/t7-/m1/s1. The molecule has 5 nitrogen and oxygen atoms in total. The molecule has 0 aromatic carbocycles. The van der Waals surface area contributed by atoms with Crippen LogP contribution in [0.15, 0.2) is 0 Å². The Morgan fingerprint density at radius 1 is 1.43 bits per heavy atom. The van der Waals surface area contributed by atoms with E-state index in [1.54, 1.807) is 0 Å². The number of esters is 1. The molecular weight excluding hydrogens is 188 g/mol. The molecule has 0 aromatic heterocycles. The van der Waals surface area contributed by atoms with Gasteiger partial charge in [0, 0.05) is 6.61 Å². The highest BCUT2D eigenvalue weighted by Gasteiger charge is 2.17. The fourth-order valence-electron chi connectivity index (χ4n) is 1.24. The summed E-state index contributed by atoms with van der Waals surface area (Å²) in [5.74, 6) is -1.46. The van der Waals surface area contributed by atoms with Gasteiger partial charge in [-0.25, -0.2) is 0 Å². The molecule has 0 aromatic rings. The second-order valence-electron chi connectivity index (χ2n) is 3.21. The third-order valence-electron chi connectivity index (χ3n) is 2.00. The molecule has 1 aliphatic heterocycles. The first-order valence-corrected chi connectivity index (χ1v) is 4.67. The number of rotatable bonds is 5. The lowest BCUT2D eigenvalue weighted by atomic mass is 10.2. The first-order valence-electron chi connectivity index (χ1n) is 4.67. The average molecular weight is 202 g/mol. The van der Waals surface area contributed by atoms with E-state index in [0.717, 1.165) is 19.4 Å². The summed E-state index contributed by atoms with van der Waals surface area (Å²) in [6.07, 6.45) is 1.67. The number of carbonyl (C=O) groups excluding carboxylic acids is 1. The maximum absolute atomic E-state index is 11.0. The highest BCUT2D eigenvalue weighted by Crippen LogP contribution is 2.12. The molecule has 1 aliphatic rings. The van der Waals surface area contributed by atoms with Crippen molar-refractivity contribution in [2.24, 2.45) is 0 Å². The van der Waals surface area contributed by atoms with Crippen LogP contribution in [0.5, 0.6) is 0 Å². The lowest BCUT2D eigenvalue weighted by Crippen LogP contribution is -2.18. The second kappa shape index (κ2) is 5.59. The molecule has 14 heavy (non-hydrogen) atoms. The molecule has 0 amide bonds. The van der Waals surface area contributed by atoms with E-state index in [1.165, 1.54) is 0 Å². The number of carboxylic acid groups (broad SMARTS) is 1. The van der Waals surface area contributed by atoms with Gasteiger partial charge in [0.05, 0.1) is 18.9 Å². The number of hydrogen-bond donors (Lipinski definition) is 1. The average Bonchev–Trinajstić information content (AvgIpc) is 2.63. The molecule has 0 aliphatic carbocycles. The van der Waals surface area contributed by atoms with Gasteiger partial charge in [0.1, 0.15) is 6.61 Å². The Bertz CT molecular complexity index is 207. The molecule has 0 spiro atoms. The summed E-state index contributed by atoms with van der Waals surface area (Å²) < 4.78 is 10.1. The highest BCUT2D eigenvalue weighted by atomic mass is 16.6. The van der Waals surface area contributed by atoms with E-state index in [-0.39, 0.29) is 25.6 Å². The van der Waals surface area contributed by atoms with Crippen LogP contribution in [0.3, 0.4) is 0 Å². The van der Waals surface area contributed by atoms with E-state index in [1.807, 2.05) is 0 Å². The van der Waals surface area contributed by atoms with Crippen molar-refractivity contribution in [3.8, 4) is 0 Å². The maximum atomic E-state index is 11.0. The number of carboxylic acids is 1. The SMILES string of the molecule is O=C(O)CCC(=O)OC[C@H]1CCCO1. The normalized spacial score (nSPS) is 20.7. The third-order valence-corrected chi connectivity index (χ3v) is 2.00. The molecule has 1 fully saturated rings. The van der Waals surface area contributed by atoms with Crippen molar-refractivity contribution in [3.63, 3.8) is 0 Å². The summed E-state index contributed by atoms with van der Waals surface area (Å²) >= 11 is 0. The van der Waals surface area contributed by atoms with E-state index < -0.39 is 11.9 Å². The maximum Gasteiger partial charge on any atom is 0.306 e. The number of carbonyl (C=O) groups is 2. The van der Waals surface area contributed by atoms with Crippen LogP contribution < -0.4 is 0 Å². The minimum absolute atomic E-state index is 0.00350. The van der Waals surface area contributed by atoms with Crippen LogP contribution in [0.25, 0.3) is 0 Å². The molecule has 0 unspecified atom stereocenters. The number of ether oxygens (including phenoxy) is 2. The summed E-state index contributed by atoms with van der Waals surface area (Å²) in [4.78, 5) is 21.1. The van der Waals surface area contributed by atoms with Crippen LogP contribution in [-0.2, 0) is 19.1 Å². The van der Waals surface area contributed by atoms with Gasteiger partial charge >= 0.3 is 11.9 Å². The van der Waals surface area contributed by atoms with Gasteiger partial charge in [-0.05, 0) is 12.8 Å². The Kier molecular flexibility index (Phi) is 4.39. The van der Waals surface area contributed by atoms with Gasteiger partial charge in [-0.15, -0.1) is 0 Å². The van der Waals surface area contributed by atoms with Crippen LogP contribution in [0.4, 0.5) is 0 Å². The highest BCUT2D eigenvalue weighted by molar-refractivity contribution is 5.76. The Hall–Kier alpha value is -1.10. The Morgan fingerprint density at radius 2 is 2.21 bits per heavy atom. The Labute approximate surface area is 82.0 Å². The second-order valence-corrected chi connectivity index (χ2v) is 3.21. The monoisotopic (exact) mass is 202 g/mol. The van der Waals surface area contributed by atoms with E-state index in [2.05, 4.69) is 0 Å². The first-order chi connectivity index (χ1) is 6.68. The molecule has 1 N–H and O–H groups in total. The van der Waals surface area contributed by atoms with Crippen molar-refractivity contribution in [2.75, 3.05) is 13.2 Å². The zero-order valence-corrected chi connectivity index (χ0v) is 7.90. The van der Waals surface area contributed by atoms with E-state index >= 15 is 0 Å². The lowest BCUT2D eigenvalue weighted by molar-refractivity contribution is -0.150. The van der Waals surface area contributed by atoms with Crippen LogP contribution in [0.2, 0.25) is 0 Å². The van der Waals surface area contributed by atoms with Crippen molar-refractivity contribution in [1.29, 1.82) is 0 Å². The van der Waals surface area contributed by atoms with Crippen molar-refractivity contribution >= 4 is 11.9 Å². The molecule has 0 radical (unpaired) electrons. The minimum atomic E-state index is -0.987. The summed E-state index contributed by atoms with van der Waals surface area (Å²) in [6.45, 7) is 0.968. The topological polar surface area (TPSA) is 72.8 Å². The zero-order valence-electron chi connectivity index (χ0n) is 7.90. The first kappa shape index (κ1) is 11.0. The number of hydrogen-bond acceptors (Lipinski definition) is 4. The smallest absolute Gasteiger partial charge is 0.306 e. The van der Waals surface area contributed by atoms with Gasteiger partial charge in [0.25, 0.3) is 0 Å². The van der Waals surface area contributed by atoms with Crippen molar-refractivity contribution < 1.29 is 24.2 Å². The lowest BCUT2D eigenvalue weighted by Gasteiger charge is -2.09. The van der Waals surface area contributed by atoms with Crippen molar-refractivity contribution in [1.82, 2.24) is 0 Å². The van der Waals surface area contributed by atoms with E-state index in [0.29, 0.717) is 0 Å². The van der Waals surface area contributed by atoms with Gasteiger partial charge in [0.2, 0.25) is 0 Å². The summed E-state index contributed by atoms with van der Waals surface area (Å²) in [6, 6.07) is 0. The molecular formula is C9H14O5. The number of aliphatic carboxylic acids is 1. The van der Waals surface area contributed by atoms with Crippen LogP contribution in [0, 0.1) is 0 Å². The fraction of sp³-hybridized carbons (Fsp3) is 0.778. The third kappa shape index (κ3) is 4.23. The van der Waals surface area contributed by atoms with Gasteiger partial charge < -0.3 is 14.6 Å². The van der Waals surface area contributed by atoms with E-state index in [9.17, 15) is 9.59 Å². The predicted octanol–water partition coefficient (Wildman–Crippen LogP) is 0.573. The molecule has 1 saturated heterocycles. The van der Waals surface area contributed by atoms with Gasteiger partial charge in [-0.3, -0.25) is 9.59 Å². The van der Waals surface area contributed by atoms with Crippen molar-refractivity contribution in [2.45, 2.75) is 31.8 Å². The molecule has 5 heteroatoms. The van der Waals surface area contributed by atoms with Crippen molar-refractivity contribution in [3.05, 3.63) is 0 Å². The predicted molar refractivity (Wildman–Crippen MR) is 46.8 cm³/mol. The fourth-order valence-corrected chi connectivity index (χ4v) is 1.24. The van der Waals surface area contributed by atoms with Crippen LogP contribution in [-0.4, -0.2) is 36.4 Å². The van der Waals surface area contributed by atoms with Gasteiger partial charge in [-0.2, -0.15) is 0 Å².